The molecule has 1 aromatic rings. The van der Waals surface area contributed by atoms with Crippen molar-refractivity contribution < 1.29 is 19.8 Å². The van der Waals surface area contributed by atoms with Gasteiger partial charge < -0.3 is 15.5 Å². The van der Waals surface area contributed by atoms with Crippen LogP contribution < -0.4 is 5.32 Å². The van der Waals surface area contributed by atoms with Crippen molar-refractivity contribution in [1.29, 1.82) is 0 Å². The van der Waals surface area contributed by atoms with Gasteiger partial charge in [0.2, 0.25) is 0 Å². The van der Waals surface area contributed by atoms with Crippen LogP contribution in [0.3, 0.4) is 0 Å². The van der Waals surface area contributed by atoms with Crippen LogP contribution in [0.2, 0.25) is 5.15 Å². The fourth-order valence-corrected chi connectivity index (χ4v) is 1.16. The third-order valence-corrected chi connectivity index (χ3v) is 2.09. The molecule has 0 spiro atoms. The minimum atomic E-state index is -1.23. The molecule has 0 aliphatic carbocycles. The summed E-state index contributed by atoms with van der Waals surface area (Å²) in [5.74, 6) is -1.91. The Kier molecular flexibility index (Phi) is 4.80. The molecule has 0 radical (unpaired) electrons. The standard InChI is InChI=1S/C9H10ClN3O4/c10-7-2-1-5(12-13-7)8(15)11-6(3-4-14)9(16)17/h1-2,6,14H,3-4H2,(H,11,15)(H,16,17)/t6-/m1/s1. The minimum Gasteiger partial charge on any atom is -0.480 e. The molecule has 17 heavy (non-hydrogen) atoms. The summed E-state index contributed by atoms with van der Waals surface area (Å²) < 4.78 is 0. The maximum atomic E-state index is 11.5. The summed E-state index contributed by atoms with van der Waals surface area (Å²) in [6, 6.07) is 1.53. The fraction of sp³-hybridized carbons (Fsp3) is 0.333. The van der Waals surface area contributed by atoms with Crippen LogP contribution in [0.4, 0.5) is 0 Å². The predicted octanol–water partition coefficient (Wildman–Crippen LogP) is -0.305. The number of nitrogens with one attached hydrogen (secondary N) is 1. The quantitative estimate of drug-likeness (QED) is 0.669. The van der Waals surface area contributed by atoms with Gasteiger partial charge in [-0.25, -0.2) is 4.79 Å². The first-order valence-corrected chi connectivity index (χ1v) is 5.06. The Morgan fingerprint density at radius 3 is 2.59 bits per heavy atom. The minimum absolute atomic E-state index is 0.0430. The lowest BCUT2D eigenvalue weighted by atomic mass is 10.2. The number of carbonyl (C=O) groups excluding carboxylic acids is 1. The fourth-order valence-electron chi connectivity index (χ4n) is 1.06. The average Bonchev–Trinajstić information content (AvgIpc) is 2.29. The summed E-state index contributed by atoms with van der Waals surface area (Å²) in [6.45, 7) is -0.344. The third kappa shape index (κ3) is 3.97. The summed E-state index contributed by atoms with van der Waals surface area (Å²) in [5.41, 5.74) is -0.0430. The van der Waals surface area contributed by atoms with E-state index in [-0.39, 0.29) is 23.9 Å². The normalized spacial score (nSPS) is 11.9. The number of carboxylic acids is 1. The molecule has 1 rings (SSSR count). The van der Waals surface area contributed by atoms with Crippen molar-refractivity contribution in [3.63, 3.8) is 0 Å². The molecular weight excluding hydrogens is 250 g/mol. The second kappa shape index (κ2) is 6.12. The van der Waals surface area contributed by atoms with Gasteiger partial charge in [0.15, 0.2) is 10.8 Å². The van der Waals surface area contributed by atoms with Crippen LogP contribution in [-0.4, -0.2) is 44.9 Å². The van der Waals surface area contributed by atoms with Crippen molar-refractivity contribution in [1.82, 2.24) is 15.5 Å². The summed E-state index contributed by atoms with van der Waals surface area (Å²) in [4.78, 5) is 22.3. The van der Waals surface area contributed by atoms with Crippen molar-refractivity contribution in [2.24, 2.45) is 0 Å². The second-order valence-electron chi connectivity index (χ2n) is 3.12. The molecule has 1 heterocycles. The van der Waals surface area contributed by atoms with Gasteiger partial charge in [0, 0.05) is 13.0 Å². The highest BCUT2D eigenvalue weighted by Crippen LogP contribution is 2.03. The number of carbonyl (C=O) groups is 2. The van der Waals surface area contributed by atoms with E-state index in [1.165, 1.54) is 12.1 Å². The van der Waals surface area contributed by atoms with Gasteiger partial charge in [-0.1, -0.05) is 11.6 Å². The Morgan fingerprint density at radius 1 is 1.41 bits per heavy atom. The van der Waals surface area contributed by atoms with Crippen molar-refractivity contribution in [3.8, 4) is 0 Å². The first kappa shape index (κ1) is 13.3. The number of hydrogen-bond acceptors (Lipinski definition) is 5. The third-order valence-electron chi connectivity index (χ3n) is 1.89. The highest BCUT2D eigenvalue weighted by atomic mass is 35.5. The zero-order chi connectivity index (χ0) is 12.8. The van der Waals surface area contributed by atoms with E-state index in [9.17, 15) is 9.59 Å². The smallest absolute Gasteiger partial charge is 0.326 e. The highest BCUT2D eigenvalue weighted by molar-refractivity contribution is 6.29. The largest absolute Gasteiger partial charge is 0.480 e. The van der Waals surface area contributed by atoms with Crippen LogP contribution >= 0.6 is 11.6 Å². The van der Waals surface area contributed by atoms with E-state index >= 15 is 0 Å². The number of carboxylic acid groups (broad SMARTS) is 1. The predicted molar refractivity (Wildman–Crippen MR) is 57.6 cm³/mol. The zero-order valence-electron chi connectivity index (χ0n) is 8.63. The molecule has 0 aliphatic heterocycles. The summed E-state index contributed by atoms with van der Waals surface area (Å²) >= 11 is 5.49. The Balaban J connectivity index is 2.70. The van der Waals surface area contributed by atoms with E-state index in [4.69, 9.17) is 21.8 Å². The van der Waals surface area contributed by atoms with Crippen LogP contribution in [0.15, 0.2) is 12.1 Å². The summed E-state index contributed by atoms with van der Waals surface area (Å²) in [7, 11) is 0. The molecule has 1 atom stereocenters. The molecule has 1 aromatic heterocycles. The number of aliphatic hydroxyl groups is 1. The lowest BCUT2D eigenvalue weighted by molar-refractivity contribution is -0.139. The SMILES string of the molecule is O=C(N[C@H](CCO)C(=O)O)c1ccc(Cl)nn1. The van der Waals surface area contributed by atoms with Crippen molar-refractivity contribution in [2.75, 3.05) is 6.61 Å². The average molecular weight is 260 g/mol. The molecule has 0 unspecified atom stereocenters. The van der Waals surface area contributed by atoms with E-state index in [0.717, 1.165) is 0 Å². The molecule has 1 amide bonds. The molecule has 7 nitrogen and oxygen atoms in total. The first-order valence-electron chi connectivity index (χ1n) is 4.68. The van der Waals surface area contributed by atoms with Crippen LogP contribution in [0.1, 0.15) is 16.9 Å². The Bertz CT molecular complexity index is 409. The second-order valence-corrected chi connectivity index (χ2v) is 3.51. The van der Waals surface area contributed by atoms with Crippen molar-refractivity contribution >= 4 is 23.5 Å². The number of aliphatic hydroxyl groups excluding tert-OH is 1. The number of rotatable bonds is 5. The molecule has 92 valence electrons. The number of hydrogen-bond donors (Lipinski definition) is 3. The van der Waals surface area contributed by atoms with Crippen LogP contribution in [0.25, 0.3) is 0 Å². The number of nitrogens with zero attached hydrogens (tertiary/aromatic N) is 2. The molecule has 0 fully saturated rings. The summed E-state index contributed by atoms with van der Waals surface area (Å²) in [5, 5.41) is 26.7. The number of aliphatic carboxylic acids is 1. The lowest BCUT2D eigenvalue weighted by Crippen LogP contribution is -2.41. The molecule has 0 saturated heterocycles. The molecule has 0 aliphatic rings. The summed E-state index contributed by atoms with van der Waals surface area (Å²) in [6.07, 6.45) is -0.0813. The maximum absolute atomic E-state index is 11.5. The van der Waals surface area contributed by atoms with Crippen molar-refractivity contribution in [3.05, 3.63) is 23.0 Å². The molecule has 0 aromatic carbocycles. The van der Waals surface area contributed by atoms with Gasteiger partial charge in [0.05, 0.1) is 0 Å². The van der Waals surface area contributed by atoms with E-state index < -0.39 is 17.9 Å². The molecular formula is C9H10ClN3O4. The number of halogens is 1. The topological polar surface area (TPSA) is 112 Å². The highest BCUT2D eigenvalue weighted by Gasteiger charge is 2.20. The van der Waals surface area contributed by atoms with Gasteiger partial charge in [-0.15, -0.1) is 10.2 Å². The van der Waals surface area contributed by atoms with E-state index in [0.29, 0.717) is 0 Å². The monoisotopic (exact) mass is 259 g/mol. The number of aromatic nitrogens is 2. The lowest BCUT2D eigenvalue weighted by Gasteiger charge is -2.12. The van der Waals surface area contributed by atoms with Gasteiger partial charge >= 0.3 is 5.97 Å². The first-order chi connectivity index (χ1) is 8.04. The molecule has 8 heteroatoms. The molecule has 0 bridgehead atoms. The van der Waals surface area contributed by atoms with Crippen LogP contribution in [-0.2, 0) is 4.79 Å². The van der Waals surface area contributed by atoms with Crippen molar-refractivity contribution in [2.45, 2.75) is 12.5 Å². The van der Waals surface area contributed by atoms with Crippen LogP contribution in [0, 0.1) is 0 Å². The Labute approximate surface area is 101 Å². The van der Waals surface area contributed by atoms with Gasteiger partial charge in [0.1, 0.15) is 6.04 Å². The zero-order valence-corrected chi connectivity index (χ0v) is 9.39. The molecule has 0 saturated carbocycles. The van der Waals surface area contributed by atoms with Gasteiger partial charge in [-0.3, -0.25) is 4.79 Å². The van der Waals surface area contributed by atoms with Crippen LogP contribution in [0.5, 0.6) is 0 Å². The number of amides is 1. The Morgan fingerprint density at radius 2 is 2.12 bits per heavy atom. The van der Waals surface area contributed by atoms with E-state index in [2.05, 4.69) is 15.5 Å². The van der Waals surface area contributed by atoms with Gasteiger partial charge in [0.25, 0.3) is 5.91 Å². The maximum Gasteiger partial charge on any atom is 0.326 e. The van der Waals surface area contributed by atoms with E-state index in [1.807, 2.05) is 0 Å². The van der Waals surface area contributed by atoms with Gasteiger partial charge in [-0.2, -0.15) is 0 Å². The van der Waals surface area contributed by atoms with Gasteiger partial charge in [-0.05, 0) is 12.1 Å². The Hall–Kier alpha value is -1.73. The van der Waals surface area contributed by atoms with E-state index in [1.54, 1.807) is 0 Å². The molecule has 3 N–H and O–H groups in total.